The molecular weight excluding hydrogens is 207 g/mol. The summed E-state index contributed by atoms with van der Waals surface area (Å²) in [6, 6.07) is 1.75. The van der Waals surface area contributed by atoms with Gasteiger partial charge >= 0.3 is 0 Å². The molecule has 0 bridgehead atoms. The van der Waals surface area contributed by atoms with E-state index in [-0.39, 0.29) is 12.3 Å². The van der Waals surface area contributed by atoms with E-state index in [2.05, 4.69) is 21.0 Å². The van der Waals surface area contributed by atoms with E-state index in [0.717, 1.165) is 9.78 Å². The first-order valence-corrected chi connectivity index (χ1v) is 4.06. The van der Waals surface area contributed by atoms with Crippen molar-refractivity contribution in [3.8, 4) is 0 Å². The number of rotatable bonds is 2. The quantitative estimate of drug-likeness (QED) is 0.697. The molecule has 0 aliphatic rings. The molecule has 0 unspecified atom stereocenters. The third kappa shape index (κ3) is 1.69. The third-order valence-corrected chi connectivity index (χ3v) is 1.75. The highest BCUT2D eigenvalue weighted by molar-refractivity contribution is 9.08. The molecule has 0 radical (unpaired) electrons. The maximum atomic E-state index is 11.7. The molecular formula is C4H4BrFN2S. The minimum absolute atomic E-state index is 0.0897. The summed E-state index contributed by atoms with van der Waals surface area (Å²) in [5.74, 6) is 0. The average molecular weight is 211 g/mol. The maximum Gasteiger partial charge on any atom is 0.187 e. The zero-order valence-corrected chi connectivity index (χ0v) is 6.82. The molecule has 9 heavy (non-hydrogen) atoms. The monoisotopic (exact) mass is 210 g/mol. The normalized spacial score (nSPS) is 10.0. The summed E-state index contributed by atoms with van der Waals surface area (Å²) in [5, 5.41) is 4.47. The molecule has 0 saturated carbocycles. The van der Waals surface area contributed by atoms with Gasteiger partial charge < -0.3 is 0 Å². The minimum atomic E-state index is 0.0897. The van der Waals surface area contributed by atoms with E-state index in [1.54, 1.807) is 12.3 Å². The molecule has 0 fully saturated rings. The average Bonchev–Trinajstić information content (AvgIpc) is 2.34. The van der Waals surface area contributed by atoms with Crippen LogP contribution < -0.4 is 0 Å². The first-order chi connectivity index (χ1) is 4.36. The molecule has 1 rings (SSSR count). The number of aromatic nitrogens is 2. The largest absolute Gasteiger partial charge is 0.187 e. The van der Waals surface area contributed by atoms with E-state index in [4.69, 9.17) is 0 Å². The van der Waals surface area contributed by atoms with Gasteiger partial charge in [0.15, 0.2) is 12.3 Å². The standard InChI is InChI=1S/C4H4BrFN2S/c5-3-4-1-2-8(7-4)9-6/h1-2H,3H2. The second kappa shape index (κ2) is 3.22. The van der Waals surface area contributed by atoms with Crippen molar-refractivity contribution in [3.05, 3.63) is 18.0 Å². The van der Waals surface area contributed by atoms with Gasteiger partial charge in [0, 0.05) is 11.5 Å². The van der Waals surface area contributed by atoms with E-state index < -0.39 is 0 Å². The Hall–Kier alpha value is -0.0300. The topological polar surface area (TPSA) is 17.8 Å². The number of hydrogen-bond acceptors (Lipinski definition) is 2. The Morgan fingerprint density at radius 1 is 1.89 bits per heavy atom. The van der Waals surface area contributed by atoms with Gasteiger partial charge in [-0.1, -0.05) is 15.9 Å². The zero-order chi connectivity index (χ0) is 6.69. The summed E-state index contributed by atoms with van der Waals surface area (Å²) in [5.41, 5.74) is 0.833. The molecule has 0 amide bonds. The van der Waals surface area contributed by atoms with Gasteiger partial charge in [-0.25, -0.2) is 0 Å². The Bertz CT molecular complexity index is 172. The summed E-state index contributed by atoms with van der Waals surface area (Å²) in [4.78, 5) is 0. The van der Waals surface area contributed by atoms with Gasteiger partial charge in [-0.2, -0.15) is 9.19 Å². The van der Waals surface area contributed by atoms with Crippen molar-refractivity contribution < 1.29 is 3.89 Å². The molecule has 1 aromatic heterocycles. The third-order valence-electron chi connectivity index (χ3n) is 0.829. The van der Waals surface area contributed by atoms with Crippen LogP contribution >= 0.6 is 28.3 Å². The Labute approximate surface area is 65.0 Å². The lowest BCUT2D eigenvalue weighted by molar-refractivity contribution is 0.869. The predicted molar refractivity (Wildman–Crippen MR) is 39.0 cm³/mol. The lowest BCUT2D eigenvalue weighted by Crippen LogP contribution is -1.84. The van der Waals surface area contributed by atoms with E-state index >= 15 is 0 Å². The Balaban J connectivity index is 2.74. The van der Waals surface area contributed by atoms with Crippen molar-refractivity contribution >= 4 is 28.3 Å². The molecule has 1 aromatic rings. The summed E-state index contributed by atoms with van der Waals surface area (Å²) in [6.07, 6.45) is 1.57. The molecule has 0 atom stereocenters. The van der Waals surface area contributed by atoms with E-state index in [0.29, 0.717) is 5.33 Å². The minimum Gasteiger partial charge on any atom is -0.184 e. The zero-order valence-electron chi connectivity index (χ0n) is 4.42. The van der Waals surface area contributed by atoms with Crippen LogP contribution in [0, 0.1) is 0 Å². The van der Waals surface area contributed by atoms with Gasteiger partial charge in [-0.05, 0) is 6.07 Å². The fraction of sp³-hybridized carbons (Fsp3) is 0.250. The van der Waals surface area contributed by atoms with Crippen LogP contribution in [0.2, 0.25) is 0 Å². The fourth-order valence-corrected chi connectivity index (χ4v) is 0.994. The molecule has 1 heterocycles. The van der Waals surface area contributed by atoms with Crippen molar-refractivity contribution in [1.82, 2.24) is 9.19 Å². The molecule has 0 aliphatic heterocycles. The summed E-state index contributed by atoms with van der Waals surface area (Å²) < 4.78 is 12.8. The van der Waals surface area contributed by atoms with Crippen LogP contribution in [0.15, 0.2) is 12.3 Å². The van der Waals surface area contributed by atoms with Gasteiger partial charge in [-0.3, -0.25) is 0 Å². The first kappa shape index (κ1) is 7.08. The summed E-state index contributed by atoms with van der Waals surface area (Å²) in [7, 11) is 0. The van der Waals surface area contributed by atoms with Crippen molar-refractivity contribution in [1.29, 1.82) is 0 Å². The maximum absolute atomic E-state index is 11.7. The molecule has 0 spiro atoms. The SMILES string of the molecule is FSn1ccc(CBr)n1. The Morgan fingerprint density at radius 3 is 3.00 bits per heavy atom. The first-order valence-electron chi connectivity index (χ1n) is 2.26. The van der Waals surface area contributed by atoms with E-state index in [1.165, 1.54) is 0 Å². The van der Waals surface area contributed by atoms with Crippen molar-refractivity contribution in [2.24, 2.45) is 0 Å². The number of hydrogen-bond donors (Lipinski definition) is 0. The van der Waals surface area contributed by atoms with Crippen molar-refractivity contribution in [2.45, 2.75) is 5.33 Å². The van der Waals surface area contributed by atoms with Crippen molar-refractivity contribution in [3.63, 3.8) is 0 Å². The van der Waals surface area contributed by atoms with Crippen LogP contribution in [0.1, 0.15) is 5.69 Å². The van der Waals surface area contributed by atoms with Crippen LogP contribution in [0.25, 0.3) is 0 Å². The van der Waals surface area contributed by atoms with Crippen LogP contribution in [0.3, 0.4) is 0 Å². The lowest BCUT2D eigenvalue weighted by atomic mass is 10.5. The Kier molecular flexibility index (Phi) is 2.53. The smallest absolute Gasteiger partial charge is 0.184 e. The van der Waals surface area contributed by atoms with E-state index in [9.17, 15) is 3.89 Å². The van der Waals surface area contributed by atoms with Crippen LogP contribution in [0.5, 0.6) is 0 Å². The fourth-order valence-electron chi connectivity index (χ4n) is 0.453. The summed E-state index contributed by atoms with van der Waals surface area (Å²) >= 11 is 3.28. The molecule has 0 N–H and O–H groups in total. The van der Waals surface area contributed by atoms with Gasteiger partial charge in [0.1, 0.15) is 0 Å². The second-order valence-corrected chi connectivity index (χ2v) is 2.49. The van der Waals surface area contributed by atoms with E-state index in [1.807, 2.05) is 0 Å². The van der Waals surface area contributed by atoms with Crippen LogP contribution in [-0.4, -0.2) is 9.19 Å². The highest BCUT2D eigenvalue weighted by Crippen LogP contribution is 2.07. The van der Waals surface area contributed by atoms with Gasteiger partial charge in [-0.15, -0.1) is 3.89 Å². The highest BCUT2D eigenvalue weighted by Gasteiger charge is 1.94. The lowest BCUT2D eigenvalue weighted by Gasteiger charge is -1.84. The summed E-state index contributed by atoms with van der Waals surface area (Å²) in [6.45, 7) is 0. The molecule has 0 aromatic carbocycles. The van der Waals surface area contributed by atoms with Gasteiger partial charge in [0.25, 0.3) is 0 Å². The van der Waals surface area contributed by atoms with Crippen LogP contribution in [0.4, 0.5) is 3.89 Å². The van der Waals surface area contributed by atoms with Crippen molar-refractivity contribution in [2.75, 3.05) is 0 Å². The number of halogens is 2. The van der Waals surface area contributed by atoms with Gasteiger partial charge in [0.05, 0.1) is 5.69 Å². The van der Waals surface area contributed by atoms with Crippen LogP contribution in [-0.2, 0) is 5.33 Å². The molecule has 0 aliphatic carbocycles. The predicted octanol–water partition coefficient (Wildman–Crippen LogP) is 2.16. The Morgan fingerprint density at radius 2 is 2.67 bits per heavy atom. The van der Waals surface area contributed by atoms with Gasteiger partial charge in [0.2, 0.25) is 0 Å². The second-order valence-electron chi connectivity index (χ2n) is 1.41. The molecule has 0 saturated heterocycles. The highest BCUT2D eigenvalue weighted by atomic mass is 79.9. The molecule has 2 nitrogen and oxygen atoms in total. The number of alkyl halides is 1. The molecule has 5 heteroatoms. The molecule has 50 valence electrons. The number of nitrogens with zero attached hydrogens (tertiary/aromatic N) is 2.